The van der Waals surface area contributed by atoms with Gasteiger partial charge in [0.25, 0.3) is 0 Å². The van der Waals surface area contributed by atoms with Crippen molar-refractivity contribution in [2.24, 2.45) is 17.8 Å². The van der Waals surface area contributed by atoms with E-state index in [1.165, 1.54) is 12.8 Å². The lowest BCUT2D eigenvalue weighted by Gasteiger charge is -2.32. The molecule has 1 saturated heterocycles. The van der Waals surface area contributed by atoms with Gasteiger partial charge in [0, 0.05) is 13.2 Å². The molecule has 0 aromatic rings. The Kier molecular flexibility index (Phi) is 4.74. The maximum atomic E-state index is 5.53. The second-order valence-corrected chi connectivity index (χ2v) is 4.44. The Bertz CT molecular complexity index is 130. The molecule has 0 bridgehead atoms. The summed E-state index contributed by atoms with van der Waals surface area (Å²) in [7, 11) is 2.04. The minimum atomic E-state index is 0.763. The van der Waals surface area contributed by atoms with Crippen molar-refractivity contribution in [2.75, 3.05) is 26.8 Å². The summed E-state index contributed by atoms with van der Waals surface area (Å²) in [4.78, 5) is 0. The molecule has 1 fully saturated rings. The van der Waals surface area contributed by atoms with E-state index < -0.39 is 0 Å². The standard InChI is InChI=1S/C11H23NO/c1-9(2)11(7-12-3)10-5-4-6-13-8-10/h9-12H,4-8H2,1-3H3. The van der Waals surface area contributed by atoms with Crippen molar-refractivity contribution in [3.8, 4) is 0 Å². The zero-order valence-corrected chi connectivity index (χ0v) is 9.18. The summed E-state index contributed by atoms with van der Waals surface area (Å²) in [5, 5.41) is 3.29. The molecule has 2 heteroatoms. The summed E-state index contributed by atoms with van der Waals surface area (Å²) in [6.07, 6.45) is 2.60. The van der Waals surface area contributed by atoms with Gasteiger partial charge >= 0.3 is 0 Å². The SMILES string of the molecule is CNCC(C(C)C)C1CCCOC1. The van der Waals surface area contributed by atoms with Crippen LogP contribution in [0.1, 0.15) is 26.7 Å². The Morgan fingerprint density at radius 3 is 2.69 bits per heavy atom. The second kappa shape index (κ2) is 5.61. The van der Waals surface area contributed by atoms with Crippen LogP contribution in [0.5, 0.6) is 0 Å². The van der Waals surface area contributed by atoms with Crippen LogP contribution < -0.4 is 5.32 Å². The van der Waals surface area contributed by atoms with Crippen LogP contribution in [0.3, 0.4) is 0 Å². The van der Waals surface area contributed by atoms with Crippen LogP contribution in [-0.4, -0.2) is 26.8 Å². The highest BCUT2D eigenvalue weighted by atomic mass is 16.5. The molecule has 0 radical (unpaired) electrons. The van der Waals surface area contributed by atoms with Gasteiger partial charge in [0.15, 0.2) is 0 Å². The summed E-state index contributed by atoms with van der Waals surface area (Å²) < 4.78 is 5.53. The monoisotopic (exact) mass is 185 g/mol. The molecule has 0 aliphatic carbocycles. The highest BCUT2D eigenvalue weighted by Crippen LogP contribution is 2.27. The van der Waals surface area contributed by atoms with Gasteiger partial charge in [-0.3, -0.25) is 0 Å². The molecule has 1 rings (SSSR count). The van der Waals surface area contributed by atoms with Crippen molar-refractivity contribution >= 4 is 0 Å². The third-order valence-electron chi connectivity index (χ3n) is 3.10. The van der Waals surface area contributed by atoms with Crippen molar-refractivity contribution in [3.05, 3.63) is 0 Å². The fourth-order valence-electron chi connectivity index (χ4n) is 2.29. The Hall–Kier alpha value is -0.0800. The molecule has 0 spiro atoms. The van der Waals surface area contributed by atoms with Crippen molar-refractivity contribution in [1.29, 1.82) is 0 Å². The van der Waals surface area contributed by atoms with Gasteiger partial charge in [-0.05, 0) is 44.2 Å². The molecular weight excluding hydrogens is 162 g/mol. The Balaban J connectivity index is 2.41. The first-order valence-corrected chi connectivity index (χ1v) is 5.48. The number of ether oxygens (including phenoxy) is 1. The van der Waals surface area contributed by atoms with Gasteiger partial charge in [0.2, 0.25) is 0 Å². The predicted molar refractivity (Wildman–Crippen MR) is 55.8 cm³/mol. The van der Waals surface area contributed by atoms with Gasteiger partial charge in [-0.2, -0.15) is 0 Å². The lowest BCUT2D eigenvalue weighted by molar-refractivity contribution is 0.0207. The van der Waals surface area contributed by atoms with Gasteiger partial charge < -0.3 is 10.1 Å². The largest absolute Gasteiger partial charge is 0.381 e. The second-order valence-electron chi connectivity index (χ2n) is 4.44. The van der Waals surface area contributed by atoms with E-state index in [0.717, 1.165) is 37.5 Å². The van der Waals surface area contributed by atoms with Gasteiger partial charge in [0.05, 0.1) is 0 Å². The van der Waals surface area contributed by atoms with Gasteiger partial charge in [-0.15, -0.1) is 0 Å². The molecule has 1 N–H and O–H groups in total. The lowest BCUT2D eigenvalue weighted by atomic mass is 9.80. The van der Waals surface area contributed by atoms with Gasteiger partial charge in [0.1, 0.15) is 0 Å². The molecule has 2 unspecified atom stereocenters. The van der Waals surface area contributed by atoms with E-state index in [9.17, 15) is 0 Å². The number of hydrogen-bond donors (Lipinski definition) is 1. The summed E-state index contributed by atoms with van der Waals surface area (Å²) >= 11 is 0. The average Bonchev–Trinajstić information content (AvgIpc) is 2.15. The molecule has 2 atom stereocenters. The fraction of sp³-hybridized carbons (Fsp3) is 1.00. The Labute approximate surface area is 82.0 Å². The van der Waals surface area contributed by atoms with Crippen molar-refractivity contribution < 1.29 is 4.74 Å². The van der Waals surface area contributed by atoms with Crippen LogP contribution in [-0.2, 0) is 4.74 Å². The molecule has 1 aliphatic heterocycles. The Morgan fingerprint density at radius 1 is 1.46 bits per heavy atom. The summed E-state index contributed by atoms with van der Waals surface area (Å²) in [5.74, 6) is 2.32. The quantitative estimate of drug-likeness (QED) is 0.722. The average molecular weight is 185 g/mol. The first kappa shape index (κ1) is 11.0. The van der Waals surface area contributed by atoms with E-state index >= 15 is 0 Å². The van der Waals surface area contributed by atoms with Crippen molar-refractivity contribution in [2.45, 2.75) is 26.7 Å². The molecule has 1 heterocycles. The minimum absolute atomic E-state index is 0.763. The van der Waals surface area contributed by atoms with Crippen LogP contribution in [0.15, 0.2) is 0 Å². The van der Waals surface area contributed by atoms with E-state index in [4.69, 9.17) is 4.74 Å². The van der Waals surface area contributed by atoms with Gasteiger partial charge in [-0.25, -0.2) is 0 Å². The van der Waals surface area contributed by atoms with E-state index in [2.05, 4.69) is 19.2 Å². The summed E-state index contributed by atoms with van der Waals surface area (Å²) in [6, 6.07) is 0. The molecule has 78 valence electrons. The molecule has 0 saturated carbocycles. The zero-order chi connectivity index (χ0) is 9.68. The predicted octanol–water partition coefficient (Wildman–Crippen LogP) is 1.90. The topological polar surface area (TPSA) is 21.3 Å². The van der Waals surface area contributed by atoms with Crippen LogP contribution in [0.4, 0.5) is 0 Å². The fourth-order valence-corrected chi connectivity index (χ4v) is 2.29. The van der Waals surface area contributed by atoms with Crippen LogP contribution in [0.25, 0.3) is 0 Å². The van der Waals surface area contributed by atoms with Crippen molar-refractivity contribution in [3.63, 3.8) is 0 Å². The van der Waals surface area contributed by atoms with Crippen LogP contribution >= 0.6 is 0 Å². The number of nitrogens with one attached hydrogen (secondary N) is 1. The number of hydrogen-bond acceptors (Lipinski definition) is 2. The Morgan fingerprint density at radius 2 is 2.23 bits per heavy atom. The molecule has 13 heavy (non-hydrogen) atoms. The third kappa shape index (κ3) is 3.28. The maximum Gasteiger partial charge on any atom is 0.0497 e. The third-order valence-corrected chi connectivity index (χ3v) is 3.10. The van der Waals surface area contributed by atoms with E-state index in [1.54, 1.807) is 0 Å². The molecule has 0 aromatic heterocycles. The normalized spacial score (nSPS) is 26.3. The maximum absolute atomic E-state index is 5.53. The lowest BCUT2D eigenvalue weighted by Crippen LogP contribution is -2.34. The van der Waals surface area contributed by atoms with Crippen LogP contribution in [0, 0.1) is 17.8 Å². The van der Waals surface area contributed by atoms with E-state index in [-0.39, 0.29) is 0 Å². The van der Waals surface area contributed by atoms with Crippen LogP contribution in [0.2, 0.25) is 0 Å². The summed E-state index contributed by atoms with van der Waals surface area (Å²) in [5.41, 5.74) is 0. The summed E-state index contributed by atoms with van der Waals surface area (Å²) in [6.45, 7) is 7.71. The molecular formula is C11H23NO. The smallest absolute Gasteiger partial charge is 0.0497 e. The first-order chi connectivity index (χ1) is 6.25. The van der Waals surface area contributed by atoms with E-state index in [0.29, 0.717) is 0 Å². The zero-order valence-electron chi connectivity index (χ0n) is 9.18. The molecule has 2 nitrogen and oxygen atoms in total. The number of rotatable bonds is 4. The molecule has 0 aromatic carbocycles. The van der Waals surface area contributed by atoms with Gasteiger partial charge in [-0.1, -0.05) is 13.8 Å². The minimum Gasteiger partial charge on any atom is -0.381 e. The highest BCUT2D eigenvalue weighted by Gasteiger charge is 2.25. The molecule has 0 amide bonds. The first-order valence-electron chi connectivity index (χ1n) is 5.48. The van der Waals surface area contributed by atoms with E-state index in [1.807, 2.05) is 7.05 Å². The molecule has 1 aliphatic rings. The van der Waals surface area contributed by atoms with Crippen molar-refractivity contribution in [1.82, 2.24) is 5.32 Å². The highest BCUT2D eigenvalue weighted by molar-refractivity contribution is 4.76.